The van der Waals surface area contributed by atoms with Crippen molar-refractivity contribution in [1.82, 2.24) is 15.5 Å². The summed E-state index contributed by atoms with van der Waals surface area (Å²) in [5.74, 6) is 0. The molecule has 0 radical (unpaired) electrons. The van der Waals surface area contributed by atoms with Crippen LogP contribution in [-0.4, -0.2) is 61.9 Å². The molecule has 4 heteroatoms. The molecule has 1 unspecified atom stereocenters. The fraction of sp³-hybridized carbons (Fsp3) is 1.00. The summed E-state index contributed by atoms with van der Waals surface area (Å²) in [6.07, 6.45) is 5.79. The van der Waals surface area contributed by atoms with Crippen molar-refractivity contribution < 1.29 is 5.11 Å². The molecule has 0 amide bonds. The molecule has 108 valence electrons. The quantitative estimate of drug-likeness (QED) is 0.591. The number of nitrogens with one attached hydrogen (secondary N) is 2. The molecular formula is C14H31N3O. The van der Waals surface area contributed by atoms with Crippen LogP contribution in [0.15, 0.2) is 0 Å². The largest absolute Gasteiger partial charge is 0.392 e. The Bertz CT molecular complexity index is 180. The smallest absolute Gasteiger partial charge is 0.0667 e. The van der Waals surface area contributed by atoms with Crippen molar-refractivity contribution in [1.29, 1.82) is 0 Å². The first kappa shape index (κ1) is 15.9. The predicted octanol–water partition coefficient (Wildman–Crippen LogP) is 0.813. The Morgan fingerprint density at radius 1 is 1.00 bits per heavy atom. The maximum absolute atomic E-state index is 10.1. The van der Waals surface area contributed by atoms with Crippen molar-refractivity contribution in [2.75, 3.05) is 45.8 Å². The molecule has 1 atom stereocenters. The van der Waals surface area contributed by atoms with E-state index in [0.717, 1.165) is 52.2 Å². The summed E-state index contributed by atoms with van der Waals surface area (Å²) in [6, 6.07) is 0. The van der Waals surface area contributed by atoms with E-state index in [-0.39, 0.29) is 6.10 Å². The van der Waals surface area contributed by atoms with Crippen LogP contribution in [0.5, 0.6) is 0 Å². The molecule has 0 aromatic heterocycles. The van der Waals surface area contributed by atoms with Crippen molar-refractivity contribution >= 4 is 0 Å². The SMILES string of the molecule is CCCCCCC(O)CN1CCNCCNCC1. The number of nitrogens with zero attached hydrogens (tertiary/aromatic N) is 1. The van der Waals surface area contributed by atoms with E-state index in [1.807, 2.05) is 0 Å². The first-order valence-electron chi connectivity index (χ1n) is 7.64. The Balaban J connectivity index is 2.12. The minimum absolute atomic E-state index is 0.150. The van der Waals surface area contributed by atoms with Gasteiger partial charge in [0.2, 0.25) is 0 Å². The Morgan fingerprint density at radius 2 is 1.67 bits per heavy atom. The highest BCUT2D eigenvalue weighted by atomic mass is 16.3. The number of aliphatic hydroxyl groups is 1. The topological polar surface area (TPSA) is 47.5 Å². The number of hydrogen-bond donors (Lipinski definition) is 3. The van der Waals surface area contributed by atoms with Gasteiger partial charge in [0.1, 0.15) is 0 Å². The Labute approximate surface area is 112 Å². The molecule has 0 spiro atoms. The first-order valence-corrected chi connectivity index (χ1v) is 7.64. The van der Waals surface area contributed by atoms with Crippen LogP contribution in [0, 0.1) is 0 Å². The molecule has 1 heterocycles. The van der Waals surface area contributed by atoms with Gasteiger partial charge in [0.15, 0.2) is 0 Å². The standard InChI is InChI=1S/C14H31N3O/c1-2-3-4-5-6-14(18)13-17-11-9-15-7-8-16-10-12-17/h14-16,18H,2-13H2,1H3. The second-order valence-corrected chi connectivity index (χ2v) is 5.30. The van der Waals surface area contributed by atoms with Crippen LogP contribution < -0.4 is 10.6 Å². The molecule has 1 aliphatic heterocycles. The average molecular weight is 257 g/mol. The lowest BCUT2D eigenvalue weighted by Gasteiger charge is -2.24. The number of rotatable bonds is 7. The summed E-state index contributed by atoms with van der Waals surface area (Å²) in [4.78, 5) is 2.37. The number of β-amino-alcohol motifs (C(OH)–C–C–N with tert-alkyl or cyclic N) is 1. The van der Waals surface area contributed by atoms with E-state index in [1.165, 1.54) is 25.7 Å². The molecule has 3 N–H and O–H groups in total. The summed E-state index contributed by atoms with van der Waals surface area (Å²) < 4.78 is 0. The van der Waals surface area contributed by atoms with Crippen LogP contribution in [-0.2, 0) is 0 Å². The number of aliphatic hydroxyl groups excluding tert-OH is 1. The Kier molecular flexibility index (Phi) is 9.48. The van der Waals surface area contributed by atoms with E-state index in [2.05, 4.69) is 22.5 Å². The fourth-order valence-corrected chi connectivity index (χ4v) is 2.39. The van der Waals surface area contributed by atoms with E-state index in [0.29, 0.717) is 0 Å². The van der Waals surface area contributed by atoms with Gasteiger partial charge in [-0.3, -0.25) is 4.90 Å². The van der Waals surface area contributed by atoms with Crippen molar-refractivity contribution in [2.24, 2.45) is 0 Å². The molecule has 18 heavy (non-hydrogen) atoms. The van der Waals surface area contributed by atoms with E-state index in [1.54, 1.807) is 0 Å². The molecule has 0 aromatic carbocycles. The molecule has 1 rings (SSSR count). The summed E-state index contributed by atoms with van der Waals surface area (Å²) >= 11 is 0. The maximum Gasteiger partial charge on any atom is 0.0667 e. The highest BCUT2D eigenvalue weighted by Crippen LogP contribution is 2.06. The van der Waals surface area contributed by atoms with Gasteiger partial charge < -0.3 is 15.7 Å². The summed E-state index contributed by atoms with van der Waals surface area (Å²) in [6.45, 7) is 9.31. The second-order valence-electron chi connectivity index (χ2n) is 5.30. The lowest BCUT2D eigenvalue weighted by molar-refractivity contribution is 0.104. The van der Waals surface area contributed by atoms with E-state index in [9.17, 15) is 5.11 Å². The van der Waals surface area contributed by atoms with E-state index >= 15 is 0 Å². The molecule has 1 fully saturated rings. The molecule has 0 bridgehead atoms. The Hall–Kier alpha value is -0.160. The lowest BCUT2D eigenvalue weighted by Crippen LogP contribution is -2.39. The van der Waals surface area contributed by atoms with Gasteiger partial charge in [-0.05, 0) is 6.42 Å². The fourth-order valence-electron chi connectivity index (χ4n) is 2.39. The van der Waals surface area contributed by atoms with Gasteiger partial charge in [0.25, 0.3) is 0 Å². The number of unbranched alkanes of at least 4 members (excludes halogenated alkanes) is 3. The van der Waals surface area contributed by atoms with Gasteiger partial charge in [-0.15, -0.1) is 0 Å². The predicted molar refractivity (Wildman–Crippen MR) is 76.9 cm³/mol. The monoisotopic (exact) mass is 257 g/mol. The third kappa shape index (κ3) is 8.03. The average Bonchev–Trinajstić information content (AvgIpc) is 2.49. The lowest BCUT2D eigenvalue weighted by atomic mass is 10.1. The van der Waals surface area contributed by atoms with Crippen molar-refractivity contribution in [2.45, 2.75) is 45.1 Å². The Morgan fingerprint density at radius 3 is 2.28 bits per heavy atom. The molecule has 0 aliphatic carbocycles. The van der Waals surface area contributed by atoms with Gasteiger partial charge in [0.05, 0.1) is 6.10 Å². The van der Waals surface area contributed by atoms with Crippen molar-refractivity contribution in [3.63, 3.8) is 0 Å². The molecule has 0 aromatic rings. The van der Waals surface area contributed by atoms with E-state index < -0.39 is 0 Å². The summed E-state index contributed by atoms with van der Waals surface area (Å²) in [5, 5.41) is 16.9. The van der Waals surface area contributed by atoms with Crippen molar-refractivity contribution in [3.05, 3.63) is 0 Å². The molecular weight excluding hydrogens is 226 g/mol. The summed E-state index contributed by atoms with van der Waals surface area (Å²) in [5.41, 5.74) is 0. The summed E-state index contributed by atoms with van der Waals surface area (Å²) in [7, 11) is 0. The normalized spacial score (nSPS) is 21.0. The number of hydrogen-bond acceptors (Lipinski definition) is 4. The second kappa shape index (κ2) is 10.7. The molecule has 1 saturated heterocycles. The van der Waals surface area contributed by atoms with Crippen LogP contribution >= 0.6 is 0 Å². The maximum atomic E-state index is 10.1. The zero-order chi connectivity index (χ0) is 13.1. The molecule has 0 saturated carbocycles. The minimum atomic E-state index is -0.150. The third-order valence-electron chi connectivity index (χ3n) is 3.55. The van der Waals surface area contributed by atoms with Gasteiger partial charge in [-0.25, -0.2) is 0 Å². The molecule has 4 nitrogen and oxygen atoms in total. The molecule has 1 aliphatic rings. The highest BCUT2D eigenvalue weighted by Gasteiger charge is 2.11. The minimum Gasteiger partial charge on any atom is -0.392 e. The van der Waals surface area contributed by atoms with Gasteiger partial charge in [-0.2, -0.15) is 0 Å². The van der Waals surface area contributed by atoms with Gasteiger partial charge in [0, 0.05) is 45.8 Å². The van der Waals surface area contributed by atoms with Crippen molar-refractivity contribution in [3.8, 4) is 0 Å². The van der Waals surface area contributed by atoms with Crippen LogP contribution in [0.2, 0.25) is 0 Å². The van der Waals surface area contributed by atoms with Crippen LogP contribution in [0.25, 0.3) is 0 Å². The van der Waals surface area contributed by atoms with E-state index in [4.69, 9.17) is 0 Å². The van der Waals surface area contributed by atoms with Crippen LogP contribution in [0.4, 0.5) is 0 Å². The highest BCUT2D eigenvalue weighted by molar-refractivity contribution is 4.69. The van der Waals surface area contributed by atoms with Crippen LogP contribution in [0.1, 0.15) is 39.0 Å². The van der Waals surface area contributed by atoms with Gasteiger partial charge in [-0.1, -0.05) is 32.6 Å². The van der Waals surface area contributed by atoms with Gasteiger partial charge >= 0.3 is 0 Å². The zero-order valence-electron chi connectivity index (χ0n) is 12.0. The van der Waals surface area contributed by atoms with Crippen LogP contribution in [0.3, 0.4) is 0 Å². The first-order chi connectivity index (χ1) is 8.83. The third-order valence-corrected chi connectivity index (χ3v) is 3.55. The zero-order valence-corrected chi connectivity index (χ0v) is 12.0.